The fraction of sp³-hybridized carbons (Fsp3) is 0.429. The van der Waals surface area contributed by atoms with Gasteiger partial charge in [-0.1, -0.05) is 18.2 Å². The van der Waals surface area contributed by atoms with E-state index >= 15 is 0 Å². The third-order valence-corrected chi connectivity index (χ3v) is 3.80. The van der Waals surface area contributed by atoms with Gasteiger partial charge in [0.25, 0.3) is 0 Å². The maximum atomic E-state index is 11.9. The normalized spacial score (nSPS) is 22.2. The van der Waals surface area contributed by atoms with Crippen molar-refractivity contribution in [2.45, 2.75) is 31.7 Å². The molecular weight excluding hydrogens is 264 g/mol. The Morgan fingerprint density at radius 2 is 2.00 bits per heavy atom. The molecule has 1 fully saturated rings. The zero-order chi connectivity index (χ0) is 12.5. The number of nitrogens with one attached hydrogen (secondary N) is 2. The molecule has 0 aromatic heterocycles. The minimum Gasteiger partial charge on any atom is -0.312 e. The van der Waals surface area contributed by atoms with Gasteiger partial charge in [-0.15, -0.1) is 12.4 Å². The lowest BCUT2D eigenvalue weighted by atomic mass is 9.84. The van der Waals surface area contributed by atoms with Gasteiger partial charge in [0.05, 0.1) is 5.92 Å². The number of hydrogen-bond acceptors (Lipinski definition) is 3. The summed E-state index contributed by atoms with van der Waals surface area (Å²) in [6, 6.07) is 6.17. The highest BCUT2D eigenvalue weighted by atomic mass is 35.5. The van der Waals surface area contributed by atoms with Crippen LogP contribution in [0, 0.1) is 0 Å². The van der Waals surface area contributed by atoms with E-state index in [9.17, 15) is 9.59 Å². The first-order valence-corrected chi connectivity index (χ1v) is 6.41. The summed E-state index contributed by atoms with van der Waals surface area (Å²) in [7, 11) is 0. The number of hydrogen-bond donors (Lipinski definition) is 2. The number of fused-ring (bicyclic) bond motifs is 1. The first-order chi connectivity index (χ1) is 8.75. The quantitative estimate of drug-likeness (QED) is 0.762. The molecule has 3 rings (SSSR count). The van der Waals surface area contributed by atoms with Crippen molar-refractivity contribution in [1.82, 2.24) is 10.6 Å². The van der Waals surface area contributed by atoms with E-state index in [0.29, 0.717) is 12.8 Å². The number of amides is 2. The molecule has 19 heavy (non-hydrogen) atoms. The molecule has 0 saturated carbocycles. The van der Waals surface area contributed by atoms with Crippen LogP contribution in [0.3, 0.4) is 0 Å². The maximum absolute atomic E-state index is 11.9. The molecule has 4 nitrogen and oxygen atoms in total. The van der Waals surface area contributed by atoms with Crippen LogP contribution in [0.1, 0.15) is 35.4 Å². The molecule has 1 atom stereocenters. The summed E-state index contributed by atoms with van der Waals surface area (Å²) in [5, 5.41) is 5.78. The number of carbonyl (C=O) groups is 2. The van der Waals surface area contributed by atoms with E-state index in [-0.39, 0.29) is 30.1 Å². The molecule has 0 radical (unpaired) electrons. The predicted molar refractivity (Wildman–Crippen MR) is 74.2 cm³/mol. The lowest BCUT2D eigenvalue weighted by Crippen LogP contribution is -2.40. The van der Waals surface area contributed by atoms with Gasteiger partial charge in [-0.05, 0) is 36.1 Å². The fourth-order valence-corrected chi connectivity index (χ4v) is 2.86. The second-order valence-corrected chi connectivity index (χ2v) is 4.92. The van der Waals surface area contributed by atoms with Gasteiger partial charge >= 0.3 is 0 Å². The minimum absolute atomic E-state index is 0. The Bertz CT molecular complexity index is 516. The number of rotatable bonds is 1. The zero-order valence-electron chi connectivity index (χ0n) is 10.6. The van der Waals surface area contributed by atoms with Gasteiger partial charge in [0.2, 0.25) is 11.8 Å². The lowest BCUT2D eigenvalue weighted by Gasteiger charge is -2.27. The van der Waals surface area contributed by atoms with Crippen molar-refractivity contribution < 1.29 is 9.59 Å². The van der Waals surface area contributed by atoms with E-state index in [1.54, 1.807) is 0 Å². The van der Waals surface area contributed by atoms with Gasteiger partial charge in [0.15, 0.2) is 0 Å². The second kappa shape index (κ2) is 5.72. The van der Waals surface area contributed by atoms with Crippen LogP contribution in [-0.4, -0.2) is 18.4 Å². The summed E-state index contributed by atoms with van der Waals surface area (Å²) >= 11 is 0. The van der Waals surface area contributed by atoms with Crippen LogP contribution in [-0.2, 0) is 22.6 Å². The van der Waals surface area contributed by atoms with Crippen molar-refractivity contribution in [3.63, 3.8) is 0 Å². The largest absolute Gasteiger partial charge is 0.312 e. The SMILES string of the molecule is Cl.O=C1CCC(c2cccc3c2CNCC3)C(=O)N1. The van der Waals surface area contributed by atoms with E-state index in [1.165, 1.54) is 11.1 Å². The Hall–Kier alpha value is -1.39. The van der Waals surface area contributed by atoms with Crippen LogP contribution in [0.5, 0.6) is 0 Å². The summed E-state index contributed by atoms with van der Waals surface area (Å²) in [6.45, 7) is 1.81. The summed E-state index contributed by atoms with van der Waals surface area (Å²) in [6.07, 6.45) is 2.07. The molecule has 2 amide bonds. The smallest absolute Gasteiger partial charge is 0.234 e. The molecule has 1 aromatic rings. The fourth-order valence-electron chi connectivity index (χ4n) is 2.86. The molecule has 5 heteroatoms. The van der Waals surface area contributed by atoms with Crippen LogP contribution in [0.2, 0.25) is 0 Å². The monoisotopic (exact) mass is 280 g/mol. The van der Waals surface area contributed by atoms with Gasteiger partial charge in [-0.25, -0.2) is 0 Å². The number of piperidine rings is 1. The molecule has 0 bridgehead atoms. The van der Waals surface area contributed by atoms with Crippen molar-refractivity contribution in [1.29, 1.82) is 0 Å². The van der Waals surface area contributed by atoms with Crippen LogP contribution in [0.15, 0.2) is 18.2 Å². The number of carbonyl (C=O) groups excluding carboxylic acids is 2. The summed E-state index contributed by atoms with van der Waals surface area (Å²) in [5.74, 6) is -0.470. The molecule has 2 N–H and O–H groups in total. The molecular formula is C14H17ClN2O2. The average molecular weight is 281 g/mol. The summed E-state index contributed by atoms with van der Waals surface area (Å²) < 4.78 is 0. The third-order valence-electron chi connectivity index (χ3n) is 3.80. The average Bonchev–Trinajstić information content (AvgIpc) is 2.38. The number of benzene rings is 1. The molecule has 2 heterocycles. The van der Waals surface area contributed by atoms with Crippen molar-refractivity contribution in [2.24, 2.45) is 0 Å². The van der Waals surface area contributed by atoms with Gasteiger partial charge in [0, 0.05) is 13.0 Å². The van der Waals surface area contributed by atoms with E-state index in [0.717, 1.165) is 25.1 Å². The minimum atomic E-state index is -0.169. The van der Waals surface area contributed by atoms with Gasteiger partial charge in [0.1, 0.15) is 0 Å². The van der Waals surface area contributed by atoms with Gasteiger partial charge in [-0.3, -0.25) is 14.9 Å². The first-order valence-electron chi connectivity index (χ1n) is 6.41. The van der Waals surface area contributed by atoms with Crippen molar-refractivity contribution in [3.05, 3.63) is 34.9 Å². The van der Waals surface area contributed by atoms with E-state index in [2.05, 4.69) is 16.7 Å². The van der Waals surface area contributed by atoms with E-state index in [1.807, 2.05) is 12.1 Å². The number of imide groups is 1. The molecule has 0 aliphatic carbocycles. The molecule has 0 spiro atoms. The highest BCUT2D eigenvalue weighted by molar-refractivity contribution is 6.01. The van der Waals surface area contributed by atoms with Gasteiger partial charge < -0.3 is 5.32 Å². The molecule has 2 aliphatic rings. The standard InChI is InChI=1S/C14H16N2O2.ClH/c17-13-5-4-11(14(18)16-13)10-3-1-2-9-6-7-15-8-12(9)10;/h1-3,11,15H,4-8H2,(H,16,17,18);1H. The van der Waals surface area contributed by atoms with Crippen molar-refractivity contribution in [3.8, 4) is 0 Å². The molecule has 102 valence electrons. The Kier molecular flexibility index (Phi) is 4.22. The van der Waals surface area contributed by atoms with E-state index < -0.39 is 0 Å². The Labute approximate surface area is 118 Å². The van der Waals surface area contributed by atoms with Crippen LogP contribution >= 0.6 is 12.4 Å². The summed E-state index contributed by atoms with van der Waals surface area (Å²) in [4.78, 5) is 23.1. The molecule has 1 unspecified atom stereocenters. The highest BCUT2D eigenvalue weighted by Crippen LogP contribution is 2.30. The Morgan fingerprint density at radius 1 is 1.16 bits per heavy atom. The second-order valence-electron chi connectivity index (χ2n) is 4.92. The van der Waals surface area contributed by atoms with Crippen LogP contribution in [0.25, 0.3) is 0 Å². The maximum Gasteiger partial charge on any atom is 0.234 e. The first kappa shape index (κ1) is 14.0. The molecule has 2 aliphatic heterocycles. The number of halogens is 1. The third kappa shape index (κ3) is 2.65. The van der Waals surface area contributed by atoms with Crippen LogP contribution in [0.4, 0.5) is 0 Å². The van der Waals surface area contributed by atoms with Crippen molar-refractivity contribution >= 4 is 24.2 Å². The zero-order valence-corrected chi connectivity index (χ0v) is 11.4. The molecule has 1 aromatic carbocycles. The van der Waals surface area contributed by atoms with E-state index in [4.69, 9.17) is 0 Å². The summed E-state index contributed by atoms with van der Waals surface area (Å²) in [5.41, 5.74) is 3.67. The predicted octanol–water partition coefficient (Wildman–Crippen LogP) is 1.27. The lowest BCUT2D eigenvalue weighted by molar-refractivity contribution is -0.134. The molecule has 1 saturated heterocycles. The highest BCUT2D eigenvalue weighted by Gasteiger charge is 2.30. The van der Waals surface area contributed by atoms with Crippen molar-refractivity contribution in [2.75, 3.05) is 6.54 Å². The topological polar surface area (TPSA) is 58.2 Å². The Balaban J connectivity index is 0.00000133. The van der Waals surface area contributed by atoms with Crippen LogP contribution < -0.4 is 10.6 Å². The van der Waals surface area contributed by atoms with Gasteiger partial charge in [-0.2, -0.15) is 0 Å². The Morgan fingerprint density at radius 3 is 2.79 bits per heavy atom.